The highest BCUT2D eigenvalue weighted by Gasteiger charge is 2.25. The monoisotopic (exact) mass is 316 g/mol. The van der Waals surface area contributed by atoms with Crippen molar-refractivity contribution < 1.29 is 9.53 Å². The van der Waals surface area contributed by atoms with Gasteiger partial charge in [-0.3, -0.25) is 9.69 Å². The van der Waals surface area contributed by atoms with E-state index in [1.165, 1.54) is 18.4 Å². The van der Waals surface area contributed by atoms with Gasteiger partial charge in [0.05, 0.1) is 19.3 Å². The molecule has 1 aliphatic carbocycles. The molecular formula is C19H28N2O2. The van der Waals surface area contributed by atoms with Gasteiger partial charge in [-0.15, -0.1) is 0 Å². The van der Waals surface area contributed by atoms with Gasteiger partial charge in [-0.05, 0) is 37.2 Å². The molecule has 1 aromatic carbocycles. The summed E-state index contributed by atoms with van der Waals surface area (Å²) in [6, 6.07) is 10.7. The SMILES string of the molecule is CC1CCC(NC(=O)CN2CCOC(c3ccccc3)C2)CC1. The van der Waals surface area contributed by atoms with E-state index in [1.807, 2.05) is 18.2 Å². The topological polar surface area (TPSA) is 41.6 Å². The Morgan fingerprint density at radius 3 is 2.70 bits per heavy atom. The van der Waals surface area contributed by atoms with Gasteiger partial charge in [0.1, 0.15) is 0 Å². The third kappa shape index (κ3) is 4.79. The molecular weight excluding hydrogens is 288 g/mol. The fraction of sp³-hybridized carbons (Fsp3) is 0.632. The molecule has 4 nitrogen and oxygen atoms in total. The molecule has 1 aliphatic heterocycles. The fourth-order valence-electron chi connectivity index (χ4n) is 3.60. The van der Waals surface area contributed by atoms with Crippen molar-refractivity contribution in [3.8, 4) is 0 Å². The van der Waals surface area contributed by atoms with Crippen molar-refractivity contribution >= 4 is 5.91 Å². The Labute approximate surface area is 139 Å². The number of ether oxygens (including phenoxy) is 1. The summed E-state index contributed by atoms with van der Waals surface area (Å²) in [5, 5.41) is 3.22. The number of nitrogens with zero attached hydrogens (tertiary/aromatic N) is 1. The minimum atomic E-state index is 0.0771. The van der Waals surface area contributed by atoms with Crippen LogP contribution in [0.3, 0.4) is 0 Å². The predicted octanol–water partition coefficient (Wildman–Crippen LogP) is 2.75. The molecule has 1 atom stereocenters. The highest BCUT2D eigenvalue weighted by Crippen LogP contribution is 2.24. The summed E-state index contributed by atoms with van der Waals surface area (Å²) in [6.07, 6.45) is 4.80. The molecule has 23 heavy (non-hydrogen) atoms. The molecule has 1 aromatic rings. The van der Waals surface area contributed by atoms with Crippen molar-refractivity contribution in [1.82, 2.24) is 10.2 Å². The Kier molecular flexibility index (Phi) is 5.68. The average molecular weight is 316 g/mol. The van der Waals surface area contributed by atoms with E-state index in [4.69, 9.17) is 4.74 Å². The molecule has 0 bridgehead atoms. The van der Waals surface area contributed by atoms with E-state index in [0.29, 0.717) is 19.2 Å². The number of benzene rings is 1. The molecule has 3 rings (SSSR count). The number of carbonyl (C=O) groups is 1. The van der Waals surface area contributed by atoms with Crippen molar-refractivity contribution in [2.45, 2.75) is 44.8 Å². The van der Waals surface area contributed by atoms with Gasteiger partial charge in [-0.25, -0.2) is 0 Å². The van der Waals surface area contributed by atoms with Crippen molar-refractivity contribution in [2.75, 3.05) is 26.2 Å². The number of nitrogens with one attached hydrogen (secondary N) is 1. The van der Waals surface area contributed by atoms with Crippen molar-refractivity contribution in [1.29, 1.82) is 0 Å². The Hall–Kier alpha value is -1.39. The maximum Gasteiger partial charge on any atom is 0.234 e. The molecule has 2 aliphatic rings. The lowest BCUT2D eigenvalue weighted by Crippen LogP contribution is -2.47. The zero-order valence-electron chi connectivity index (χ0n) is 14.0. The van der Waals surface area contributed by atoms with Crippen LogP contribution in [0.5, 0.6) is 0 Å². The van der Waals surface area contributed by atoms with Crippen molar-refractivity contribution in [3.63, 3.8) is 0 Å². The Balaban J connectivity index is 1.46. The first kappa shape index (κ1) is 16.5. The molecule has 2 fully saturated rings. The van der Waals surface area contributed by atoms with Crippen molar-refractivity contribution in [2.24, 2.45) is 5.92 Å². The fourth-order valence-corrected chi connectivity index (χ4v) is 3.60. The minimum absolute atomic E-state index is 0.0771. The average Bonchev–Trinajstić information content (AvgIpc) is 2.58. The lowest BCUT2D eigenvalue weighted by molar-refractivity contribution is -0.125. The van der Waals surface area contributed by atoms with E-state index < -0.39 is 0 Å². The van der Waals surface area contributed by atoms with Crippen LogP contribution in [0.4, 0.5) is 0 Å². The highest BCUT2D eigenvalue weighted by atomic mass is 16.5. The zero-order chi connectivity index (χ0) is 16.1. The third-order valence-corrected chi connectivity index (χ3v) is 5.07. The van der Waals surface area contributed by atoms with E-state index in [1.54, 1.807) is 0 Å². The van der Waals surface area contributed by atoms with Gasteiger partial charge in [0, 0.05) is 19.1 Å². The van der Waals surface area contributed by atoms with Crippen LogP contribution >= 0.6 is 0 Å². The van der Waals surface area contributed by atoms with Crippen LogP contribution in [0.2, 0.25) is 0 Å². The zero-order valence-corrected chi connectivity index (χ0v) is 14.0. The third-order valence-electron chi connectivity index (χ3n) is 5.07. The molecule has 0 aromatic heterocycles. The molecule has 1 saturated carbocycles. The number of carbonyl (C=O) groups excluding carboxylic acids is 1. The molecule has 126 valence electrons. The largest absolute Gasteiger partial charge is 0.371 e. The standard InChI is InChI=1S/C19H28N2O2/c1-15-7-9-17(10-8-15)20-19(22)14-21-11-12-23-18(13-21)16-5-3-2-4-6-16/h2-6,15,17-18H,7-14H2,1H3,(H,20,22). The second kappa shape index (κ2) is 7.93. The van der Waals surface area contributed by atoms with E-state index in [0.717, 1.165) is 31.8 Å². The summed E-state index contributed by atoms with van der Waals surface area (Å²) in [7, 11) is 0. The summed E-state index contributed by atoms with van der Waals surface area (Å²) in [5.41, 5.74) is 1.19. The molecule has 1 amide bonds. The quantitative estimate of drug-likeness (QED) is 0.929. The second-order valence-electron chi connectivity index (χ2n) is 7.03. The lowest BCUT2D eigenvalue weighted by Gasteiger charge is -2.33. The first-order chi connectivity index (χ1) is 11.2. The molecule has 1 heterocycles. The molecule has 1 saturated heterocycles. The van der Waals surface area contributed by atoms with Gasteiger partial charge in [-0.2, -0.15) is 0 Å². The molecule has 1 unspecified atom stereocenters. The number of hydrogen-bond acceptors (Lipinski definition) is 3. The maximum atomic E-state index is 12.3. The number of hydrogen-bond donors (Lipinski definition) is 1. The van der Waals surface area contributed by atoms with E-state index in [9.17, 15) is 4.79 Å². The van der Waals surface area contributed by atoms with Crippen LogP contribution in [-0.2, 0) is 9.53 Å². The number of morpholine rings is 1. The molecule has 1 N–H and O–H groups in total. The van der Waals surface area contributed by atoms with Crippen LogP contribution in [0.1, 0.15) is 44.3 Å². The second-order valence-corrected chi connectivity index (χ2v) is 7.03. The predicted molar refractivity (Wildman–Crippen MR) is 91.1 cm³/mol. The normalized spacial score (nSPS) is 29.2. The molecule has 0 spiro atoms. The van der Waals surface area contributed by atoms with Gasteiger partial charge in [-0.1, -0.05) is 37.3 Å². The van der Waals surface area contributed by atoms with Crippen molar-refractivity contribution in [3.05, 3.63) is 35.9 Å². The smallest absolute Gasteiger partial charge is 0.234 e. The van der Waals surface area contributed by atoms with Crippen LogP contribution in [0.15, 0.2) is 30.3 Å². The van der Waals surface area contributed by atoms with Gasteiger partial charge < -0.3 is 10.1 Å². The van der Waals surface area contributed by atoms with E-state index in [2.05, 4.69) is 29.3 Å². The summed E-state index contributed by atoms with van der Waals surface area (Å²) < 4.78 is 5.86. The molecule has 0 radical (unpaired) electrons. The number of rotatable bonds is 4. The van der Waals surface area contributed by atoms with Crippen LogP contribution in [0.25, 0.3) is 0 Å². The summed E-state index contributed by atoms with van der Waals surface area (Å²) in [6.45, 7) is 5.10. The minimum Gasteiger partial charge on any atom is -0.371 e. The highest BCUT2D eigenvalue weighted by molar-refractivity contribution is 5.78. The first-order valence-corrected chi connectivity index (χ1v) is 8.89. The Bertz CT molecular complexity index is 497. The van der Waals surface area contributed by atoms with E-state index >= 15 is 0 Å². The maximum absolute atomic E-state index is 12.3. The summed E-state index contributed by atoms with van der Waals surface area (Å²) in [5.74, 6) is 0.979. The van der Waals surface area contributed by atoms with Gasteiger partial charge in [0.25, 0.3) is 0 Å². The van der Waals surface area contributed by atoms with E-state index in [-0.39, 0.29) is 12.0 Å². The Morgan fingerprint density at radius 1 is 1.22 bits per heavy atom. The van der Waals surface area contributed by atoms with Gasteiger partial charge in [0.2, 0.25) is 5.91 Å². The summed E-state index contributed by atoms with van der Waals surface area (Å²) in [4.78, 5) is 14.5. The van der Waals surface area contributed by atoms with Gasteiger partial charge >= 0.3 is 0 Å². The van der Waals surface area contributed by atoms with Crippen LogP contribution in [0, 0.1) is 5.92 Å². The van der Waals surface area contributed by atoms with Gasteiger partial charge in [0.15, 0.2) is 0 Å². The molecule has 4 heteroatoms. The first-order valence-electron chi connectivity index (χ1n) is 8.89. The lowest BCUT2D eigenvalue weighted by atomic mass is 9.87. The Morgan fingerprint density at radius 2 is 1.96 bits per heavy atom. The number of amides is 1. The van der Waals surface area contributed by atoms with Crippen LogP contribution < -0.4 is 5.32 Å². The van der Waals surface area contributed by atoms with Crippen LogP contribution in [-0.4, -0.2) is 43.1 Å². The summed E-state index contributed by atoms with van der Waals surface area (Å²) >= 11 is 0.